The number of rotatable bonds is 3. The molecule has 1 amide bonds. The fraction of sp³-hybridized carbons (Fsp3) is 0.375. The molecule has 0 unspecified atom stereocenters. The molecule has 3 heterocycles. The second kappa shape index (κ2) is 8.06. The van der Waals surface area contributed by atoms with Crippen LogP contribution in [0.4, 0.5) is 4.39 Å². The average Bonchev–Trinajstić information content (AvgIpc) is 3.42. The first-order chi connectivity index (χ1) is 15.8. The van der Waals surface area contributed by atoms with Crippen molar-refractivity contribution in [3.05, 3.63) is 65.4 Å². The fourth-order valence-electron chi connectivity index (χ4n) is 4.27. The van der Waals surface area contributed by atoms with Crippen molar-refractivity contribution < 1.29 is 13.7 Å². The van der Waals surface area contributed by atoms with Crippen LogP contribution in [-0.4, -0.2) is 30.6 Å². The highest BCUT2D eigenvalue weighted by atomic mass is 19.1. The third-order valence-corrected chi connectivity index (χ3v) is 5.99. The van der Waals surface area contributed by atoms with Crippen molar-refractivity contribution in [2.45, 2.75) is 57.9 Å². The van der Waals surface area contributed by atoms with Crippen molar-refractivity contribution in [1.29, 1.82) is 0 Å². The molecule has 33 heavy (non-hydrogen) atoms. The zero-order chi connectivity index (χ0) is 23.2. The van der Waals surface area contributed by atoms with Crippen LogP contribution < -0.4 is 5.32 Å². The summed E-state index contributed by atoms with van der Waals surface area (Å²) >= 11 is 0. The smallest absolute Gasteiger partial charge is 0.293 e. The molecule has 0 radical (unpaired) electrons. The van der Waals surface area contributed by atoms with E-state index in [-0.39, 0.29) is 23.1 Å². The van der Waals surface area contributed by atoms with Gasteiger partial charge in [0.15, 0.2) is 0 Å². The fourth-order valence-corrected chi connectivity index (χ4v) is 4.27. The number of nitrogens with one attached hydrogen (secondary N) is 1. The van der Waals surface area contributed by atoms with Crippen LogP contribution in [0, 0.1) is 5.82 Å². The van der Waals surface area contributed by atoms with Crippen molar-refractivity contribution >= 4 is 11.4 Å². The Morgan fingerprint density at radius 2 is 2.09 bits per heavy atom. The van der Waals surface area contributed by atoms with Gasteiger partial charge >= 0.3 is 0 Å². The van der Waals surface area contributed by atoms with Gasteiger partial charge in [0.2, 0.25) is 5.89 Å². The molecule has 1 atom stereocenters. The lowest BCUT2D eigenvalue weighted by Crippen LogP contribution is -2.30. The number of nitrogens with zero attached hydrogens (tertiary/aromatic N) is 5. The van der Waals surface area contributed by atoms with E-state index in [2.05, 4.69) is 25.5 Å². The van der Waals surface area contributed by atoms with Gasteiger partial charge in [0.05, 0.1) is 11.6 Å². The molecule has 5 rings (SSSR count). The van der Waals surface area contributed by atoms with Gasteiger partial charge in [0, 0.05) is 17.2 Å². The van der Waals surface area contributed by atoms with Crippen molar-refractivity contribution in [3.63, 3.8) is 0 Å². The SMILES string of the molecule is CC(C)(C)c1nc(C(=O)N[C@@H]2CCCCc3c2ccc(-c2ncnn4cccc24)c3F)no1. The molecule has 170 valence electrons. The Balaban J connectivity index is 1.48. The lowest BCUT2D eigenvalue weighted by molar-refractivity contribution is 0.0921. The Kier molecular flexibility index (Phi) is 5.19. The molecule has 3 aromatic heterocycles. The third-order valence-electron chi connectivity index (χ3n) is 5.99. The number of benzene rings is 1. The number of aromatic nitrogens is 5. The van der Waals surface area contributed by atoms with Crippen LogP contribution in [0.15, 0.2) is 41.3 Å². The van der Waals surface area contributed by atoms with Crippen molar-refractivity contribution in [1.82, 2.24) is 30.1 Å². The van der Waals surface area contributed by atoms with E-state index >= 15 is 4.39 Å². The highest BCUT2D eigenvalue weighted by Crippen LogP contribution is 2.35. The first-order valence-electron chi connectivity index (χ1n) is 11.1. The number of halogens is 1. The summed E-state index contributed by atoms with van der Waals surface area (Å²) < 4.78 is 22.7. The van der Waals surface area contributed by atoms with Crippen molar-refractivity contribution in [2.75, 3.05) is 0 Å². The summed E-state index contributed by atoms with van der Waals surface area (Å²) in [5.74, 6) is -0.349. The molecular formula is C24H25FN6O2. The van der Waals surface area contributed by atoms with E-state index in [1.807, 2.05) is 39.0 Å². The van der Waals surface area contributed by atoms with Crippen molar-refractivity contribution in [3.8, 4) is 11.3 Å². The maximum atomic E-state index is 15.8. The third kappa shape index (κ3) is 3.88. The van der Waals surface area contributed by atoms with Crippen LogP contribution >= 0.6 is 0 Å². The number of hydrogen-bond donors (Lipinski definition) is 1. The topological polar surface area (TPSA) is 98.2 Å². The molecule has 0 saturated heterocycles. The second-order valence-electron chi connectivity index (χ2n) is 9.39. The van der Waals surface area contributed by atoms with Gasteiger partial charge < -0.3 is 9.84 Å². The highest BCUT2D eigenvalue weighted by Gasteiger charge is 2.28. The molecule has 0 fully saturated rings. The van der Waals surface area contributed by atoms with E-state index in [1.165, 1.54) is 6.33 Å². The van der Waals surface area contributed by atoms with Gasteiger partial charge in [0.25, 0.3) is 11.7 Å². The quantitative estimate of drug-likeness (QED) is 0.466. The minimum absolute atomic E-state index is 0.0144. The summed E-state index contributed by atoms with van der Waals surface area (Å²) in [6, 6.07) is 7.00. The van der Waals surface area contributed by atoms with Gasteiger partial charge in [-0.25, -0.2) is 13.9 Å². The van der Waals surface area contributed by atoms with E-state index in [1.54, 1.807) is 16.8 Å². The maximum Gasteiger partial charge on any atom is 0.293 e. The first kappa shape index (κ1) is 21.2. The Labute approximate surface area is 190 Å². The standard InChI is InChI=1S/C24H25FN6O2/c1-24(2,3)23-29-21(30-33-23)22(32)28-17-8-5-4-7-15-14(17)10-11-16(19(15)25)20-18-9-6-12-31(18)27-13-26-20/h6,9-13,17H,4-5,7-8H2,1-3H3,(H,28,32)/t17-/m1/s1. The zero-order valence-electron chi connectivity index (χ0n) is 18.8. The van der Waals surface area contributed by atoms with E-state index in [9.17, 15) is 4.79 Å². The molecule has 1 aliphatic rings. The molecule has 1 aromatic carbocycles. The summed E-state index contributed by atoms with van der Waals surface area (Å²) in [7, 11) is 0. The van der Waals surface area contributed by atoms with Gasteiger partial charge in [0.1, 0.15) is 17.8 Å². The first-order valence-corrected chi connectivity index (χ1v) is 11.1. The molecule has 1 N–H and O–H groups in total. The zero-order valence-corrected chi connectivity index (χ0v) is 18.8. The predicted octanol–water partition coefficient (Wildman–Crippen LogP) is 4.41. The van der Waals surface area contributed by atoms with E-state index in [0.29, 0.717) is 35.6 Å². The Morgan fingerprint density at radius 3 is 2.88 bits per heavy atom. The van der Waals surface area contributed by atoms with Crippen LogP contribution in [0.5, 0.6) is 0 Å². The van der Waals surface area contributed by atoms with Gasteiger partial charge in [-0.1, -0.05) is 38.4 Å². The number of carbonyl (C=O) groups excluding carboxylic acids is 1. The van der Waals surface area contributed by atoms with Crippen LogP contribution in [-0.2, 0) is 11.8 Å². The minimum atomic E-state index is -0.428. The molecular weight excluding hydrogens is 423 g/mol. The normalized spacial score (nSPS) is 16.4. The molecule has 0 saturated carbocycles. The lowest BCUT2D eigenvalue weighted by Gasteiger charge is -2.20. The minimum Gasteiger partial charge on any atom is -0.342 e. The second-order valence-corrected chi connectivity index (χ2v) is 9.39. The number of amides is 1. The van der Waals surface area contributed by atoms with E-state index < -0.39 is 5.91 Å². The highest BCUT2D eigenvalue weighted by molar-refractivity contribution is 5.90. The van der Waals surface area contributed by atoms with Gasteiger partial charge in [-0.3, -0.25) is 4.79 Å². The molecule has 8 nitrogen and oxygen atoms in total. The number of hydrogen-bond acceptors (Lipinski definition) is 6. The monoisotopic (exact) mass is 448 g/mol. The van der Waals surface area contributed by atoms with Crippen LogP contribution in [0.3, 0.4) is 0 Å². The number of carbonyl (C=O) groups is 1. The molecule has 0 spiro atoms. The van der Waals surface area contributed by atoms with Crippen molar-refractivity contribution in [2.24, 2.45) is 0 Å². The molecule has 0 bridgehead atoms. The molecule has 9 heteroatoms. The van der Waals surface area contributed by atoms with Gasteiger partial charge in [-0.15, -0.1) is 0 Å². The Bertz CT molecular complexity index is 1340. The van der Waals surface area contributed by atoms with E-state index in [4.69, 9.17) is 4.52 Å². The molecule has 1 aliphatic carbocycles. The van der Waals surface area contributed by atoms with Crippen LogP contribution in [0.1, 0.15) is 73.7 Å². The predicted molar refractivity (Wildman–Crippen MR) is 119 cm³/mol. The number of fused-ring (bicyclic) bond motifs is 2. The Morgan fingerprint density at radius 1 is 1.24 bits per heavy atom. The maximum absolute atomic E-state index is 15.8. The Hall–Kier alpha value is -3.62. The summed E-state index contributed by atoms with van der Waals surface area (Å²) in [5.41, 5.74) is 2.75. The van der Waals surface area contributed by atoms with Gasteiger partial charge in [-0.05, 0) is 48.6 Å². The largest absolute Gasteiger partial charge is 0.342 e. The molecule has 4 aromatic rings. The summed E-state index contributed by atoms with van der Waals surface area (Å²) in [4.78, 5) is 21.4. The van der Waals surface area contributed by atoms with Crippen LogP contribution in [0.25, 0.3) is 16.8 Å². The summed E-state index contributed by atoms with van der Waals surface area (Å²) in [6.45, 7) is 5.80. The van der Waals surface area contributed by atoms with Gasteiger partial charge in [-0.2, -0.15) is 10.1 Å². The average molecular weight is 449 g/mol. The van der Waals surface area contributed by atoms with Crippen LogP contribution in [0.2, 0.25) is 0 Å². The summed E-state index contributed by atoms with van der Waals surface area (Å²) in [6.07, 6.45) is 6.23. The van der Waals surface area contributed by atoms with E-state index in [0.717, 1.165) is 23.9 Å². The molecule has 0 aliphatic heterocycles. The lowest BCUT2D eigenvalue weighted by atomic mass is 9.94. The summed E-state index contributed by atoms with van der Waals surface area (Å²) in [5, 5.41) is 11.0.